The van der Waals surface area contributed by atoms with E-state index in [1.807, 2.05) is 13.8 Å². The lowest BCUT2D eigenvalue weighted by molar-refractivity contribution is -0.131. The highest BCUT2D eigenvalue weighted by molar-refractivity contribution is 5.92. The Labute approximate surface area is 144 Å². The molecular formula is C18H27N3O3. The summed E-state index contributed by atoms with van der Waals surface area (Å²) in [4.78, 5) is 27.7. The van der Waals surface area contributed by atoms with Crippen molar-refractivity contribution in [1.29, 1.82) is 0 Å². The molecule has 0 unspecified atom stereocenters. The van der Waals surface area contributed by atoms with Gasteiger partial charge in [0.2, 0.25) is 11.8 Å². The molecule has 0 radical (unpaired) electrons. The van der Waals surface area contributed by atoms with Crippen molar-refractivity contribution in [3.05, 3.63) is 36.4 Å². The van der Waals surface area contributed by atoms with E-state index in [1.54, 1.807) is 48.2 Å². The van der Waals surface area contributed by atoms with Gasteiger partial charge in [-0.1, -0.05) is 18.2 Å². The Kier molecular flexibility index (Phi) is 7.98. The quantitative estimate of drug-likeness (QED) is 0.702. The molecule has 24 heavy (non-hydrogen) atoms. The van der Waals surface area contributed by atoms with Crippen molar-refractivity contribution in [2.24, 2.45) is 0 Å². The molecule has 0 aliphatic rings. The molecule has 0 bridgehead atoms. The molecule has 6 nitrogen and oxygen atoms in total. The van der Waals surface area contributed by atoms with Crippen molar-refractivity contribution in [3.8, 4) is 5.75 Å². The van der Waals surface area contributed by atoms with Gasteiger partial charge in [0.15, 0.2) is 0 Å². The van der Waals surface area contributed by atoms with Crippen LogP contribution >= 0.6 is 0 Å². The average Bonchev–Trinajstić information content (AvgIpc) is 2.51. The molecule has 1 N–H and O–H groups in total. The van der Waals surface area contributed by atoms with E-state index in [1.165, 1.54) is 0 Å². The number of hydrogen-bond acceptors (Lipinski definition) is 4. The summed E-state index contributed by atoms with van der Waals surface area (Å²) in [6.07, 6.45) is 0. The molecule has 0 aliphatic carbocycles. The van der Waals surface area contributed by atoms with Crippen LogP contribution in [0.1, 0.15) is 13.8 Å². The fourth-order valence-corrected chi connectivity index (χ4v) is 2.24. The first-order valence-electron chi connectivity index (χ1n) is 7.90. The lowest BCUT2D eigenvalue weighted by Gasteiger charge is -2.24. The normalized spacial score (nSPS) is 10.4. The molecule has 0 saturated heterocycles. The predicted molar refractivity (Wildman–Crippen MR) is 96.2 cm³/mol. The van der Waals surface area contributed by atoms with Crippen LogP contribution in [0.5, 0.6) is 5.75 Å². The summed E-state index contributed by atoms with van der Waals surface area (Å²) >= 11 is 0. The minimum Gasteiger partial charge on any atom is -0.497 e. The standard InChI is InChI=1S/C18H27N3O3/c1-6-21(11-14(2)3)18(23)13-20(4)12-17(22)19-15-8-7-9-16(10-15)24-5/h7-10H,2,6,11-13H2,1,3-5H3,(H,19,22). The first kappa shape index (κ1) is 19.7. The number of rotatable bonds is 9. The Morgan fingerprint density at radius 1 is 1.25 bits per heavy atom. The third kappa shape index (κ3) is 6.83. The van der Waals surface area contributed by atoms with Crippen LogP contribution in [0.2, 0.25) is 0 Å². The van der Waals surface area contributed by atoms with Gasteiger partial charge in [-0.25, -0.2) is 0 Å². The van der Waals surface area contributed by atoms with Gasteiger partial charge in [-0.05, 0) is 33.0 Å². The van der Waals surface area contributed by atoms with Crippen LogP contribution in [-0.2, 0) is 9.59 Å². The number of anilines is 1. The molecule has 0 aliphatic heterocycles. The fraction of sp³-hybridized carbons (Fsp3) is 0.444. The van der Waals surface area contributed by atoms with E-state index in [0.717, 1.165) is 5.57 Å². The van der Waals surface area contributed by atoms with Gasteiger partial charge in [-0.15, -0.1) is 0 Å². The Bertz CT molecular complexity index is 587. The number of nitrogens with zero attached hydrogens (tertiary/aromatic N) is 2. The lowest BCUT2D eigenvalue weighted by Crippen LogP contribution is -2.41. The van der Waals surface area contributed by atoms with Crippen LogP contribution in [0.15, 0.2) is 36.4 Å². The van der Waals surface area contributed by atoms with Gasteiger partial charge in [0.1, 0.15) is 5.75 Å². The molecule has 2 amide bonds. The summed E-state index contributed by atoms with van der Waals surface area (Å²) in [5.74, 6) is 0.480. The van der Waals surface area contributed by atoms with Gasteiger partial charge in [-0.3, -0.25) is 14.5 Å². The molecule has 1 aromatic rings. The van der Waals surface area contributed by atoms with Gasteiger partial charge in [0, 0.05) is 24.8 Å². The summed E-state index contributed by atoms with van der Waals surface area (Å²) in [7, 11) is 3.32. The van der Waals surface area contributed by atoms with E-state index < -0.39 is 0 Å². The fourth-order valence-electron chi connectivity index (χ4n) is 2.24. The molecular weight excluding hydrogens is 306 g/mol. The summed E-state index contributed by atoms with van der Waals surface area (Å²) in [5, 5.41) is 2.80. The molecule has 0 aromatic heterocycles. The molecule has 0 saturated carbocycles. The third-order valence-electron chi connectivity index (χ3n) is 3.37. The number of nitrogens with one attached hydrogen (secondary N) is 1. The zero-order chi connectivity index (χ0) is 18.1. The number of carbonyl (C=O) groups is 2. The van der Waals surface area contributed by atoms with Crippen molar-refractivity contribution in [3.63, 3.8) is 0 Å². The molecule has 0 heterocycles. The second-order valence-electron chi connectivity index (χ2n) is 5.82. The molecule has 6 heteroatoms. The van der Waals surface area contributed by atoms with Crippen LogP contribution < -0.4 is 10.1 Å². The Hall–Kier alpha value is -2.34. The van der Waals surface area contributed by atoms with Gasteiger partial charge in [0.05, 0.1) is 20.2 Å². The number of methoxy groups -OCH3 is 1. The zero-order valence-corrected chi connectivity index (χ0v) is 15.0. The minimum atomic E-state index is -0.179. The number of ether oxygens (including phenoxy) is 1. The number of likely N-dealkylation sites (N-methyl/N-ethyl adjacent to an activating group) is 2. The Morgan fingerprint density at radius 3 is 2.54 bits per heavy atom. The minimum absolute atomic E-state index is 0.0165. The Morgan fingerprint density at radius 2 is 1.96 bits per heavy atom. The summed E-state index contributed by atoms with van der Waals surface area (Å²) in [6.45, 7) is 9.13. The first-order chi connectivity index (χ1) is 11.3. The third-order valence-corrected chi connectivity index (χ3v) is 3.37. The van der Waals surface area contributed by atoms with Gasteiger partial charge < -0.3 is 15.0 Å². The van der Waals surface area contributed by atoms with E-state index in [-0.39, 0.29) is 24.9 Å². The van der Waals surface area contributed by atoms with Gasteiger partial charge in [0.25, 0.3) is 0 Å². The SMILES string of the molecule is C=C(C)CN(CC)C(=O)CN(C)CC(=O)Nc1cccc(OC)c1. The summed E-state index contributed by atoms with van der Waals surface area (Å²) < 4.78 is 5.12. The van der Waals surface area contributed by atoms with Crippen LogP contribution in [-0.4, -0.2) is 62.0 Å². The maximum Gasteiger partial charge on any atom is 0.238 e. The highest BCUT2D eigenvalue weighted by atomic mass is 16.5. The summed E-state index contributed by atoms with van der Waals surface area (Å²) in [5.41, 5.74) is 1.60. The van der Waals surface area contributed by atoms with Gasteiger partial charge in [-0.2, -0.15) is 0 Å². The van der Waals surface area contributed by atoms with Crippen LogP contribution in [0, 0.1) is 0 Å². The van der Waals surface area contributed by atoms with Crippen molar-refractivity contribution in [1.82, 2.24) is 9.80 Å². The molecule has 132 valence electrons. The van der Waals surface area contributed by atoms with Crippen molar-refractivity contribution in [2.45, 2.75) is 13.8 Å². The van der Waals surface area contributed by atoms with E-state index in [0.29, 0.717) is 24.5 Å². The maximum atomic E-state index is 12.2. The second kappa shape index (κ2) is 9.72. The molecule has 0 atom stereocenters. The molecule has 0 fully saturated rings. The van der Waals surface area contributed by atoms with Crippen LogP contribution in [0.25, 0.3) is 0 Å². The highest BCUT2D eigenvalue weighted by Crippen LogP contribution is 2.16. The molecule has 0 spiro atoms. The van der Waals surface area contributed by atoms with Crippen LogP contribution in [0.3, 0.4) is 0 Å². The first-order valence-corrected chi connectivity index (χ1v) is 7.90. The van der Waals surface area contributed by atoms with Crippen molar-refractivity contribution < 1.29 is 14.3 Å². The van der Waals surface area contributed by atoms with E-state index in [9.17, 15) is 9.59 Å². The van der Waals surface area contributed by atoms with Crippen LogP contribution in [0.4, 0.5) is 5.69 Å². The van der Waals surface area contributed by atoms with Gasteiger partial charge >= 0.3 is 0 Å². The van der Waals surface area contributed by atoms with E-state index in [4.69, 9.17) is 4.74 Å². The molecule has 1 aromatic carbocycles. The highest BCUT2D eigenvalue weighted by Gasteiger charge is 2.16. The largest absolute Gasteiger partial charge is 0.497 e. The predicted octanol–water partition coefficient (Wildman–Crippen LogP) is 1.99. The topological polar surface area (TPSA) is 61.9 Å². The number of amides is 2. The zero-order valence-electron chi connectivity index (χ0n) is 15.0. The lowest BCUT2D eigenvalue weighted by atomic mass is 10.3. The average molecular weight is 333 g/mol. The Balaban J connectivity index is 2.51. The number of carbonyl (C=O) groups excluding carboxylic acids is 2. The number of benzene rings is 1. The van der Waals surface area contributed by atoms with Crippen molar-refractivity contribution in [2.75, 3.05) is 45.7 Å². The smallest absolute Gasteiger partial charge is 0.238 e. The maximum absolute atomic E-state index is 12.2. The second-order valence-corrected chi connectivity index (χ2v) is 5.82. The van der Waals surface area contributed by atoms with E-state index in [2.05, 4.69) is 11.9 Å². The van der Waals surface area contributed by atoms with E-state index >= 15 is 0 Å². The monoisotopic (exact) mass is 333 g/mol. The summed E-state index contributed by atoms with van der Waals surface area (Å²) in [6, 6.07) is 7.14. The molecule has 1 rings (SSSR count). The van der Waals surface area contributed by atoms with Crippen molar-refractivity contribution >= 4 is 17.5 Å². The number of hydrogen-bond donors (Lipinski definition) is 1.